The molecule has 3 aromatic heterocycles. The summed E-state index contributed by atoms with van der Waals surface area (Å²) in [6.07, 6.45) is 0.0586. The van der Waals surface area contributed by atoms with Gasteiger partial charge in [0.1, 0.15) is 89.1 Å². The van der Waals surface area contributed by atoms with Crippen molar-refractivity contribution >= 4 is 194 Å². The van der Waals surface area contributed by atoms with Crippen LogP contribution in [0, 0.1) is 0 Å². The molecule has 7 aliphatic heterocycles. The zero-order valence-electron chi connectivity index (χ0n) is 57.3. The van der Waals surface area contributed by atoms with E-state index < -0.39 is 124 Å². The number of piperazine rings is 1. The van der Waals surface area contributed by atoms with Gasteiger partial charge in [0.25, 0.3) is 23.6 Å². The number of benzene rings is 2. The van der Waals surface area contributed by atoms with Crippen LogP contribution in [0.15, 0.2) is 103 Å². The van der Waals surface area contributed by atoms with Crippen LogP contribution < -0.4 is 32.7 Å². The minimum atomic E-state index is -1.42. The number of carbonyl (C=O) groups is 14. The van der Waals surface area contributed by atoms with Crippen LogP contribution in [0.2, 0.25) is 0 Å². The van der Waals surface area contributed by atoms with Gasteiger partial charge < -0.3 is 72.7 Å². The number of anilines is 1. The number of hydrogen-bond acceptors (Lipinski definition) is 33. The van der Waals surface area contributed by atoms with Crippen molar-refractivity contribution in [3.8, 4) is 5.75 Å². The van der Waals surface area contributed by atoms with Gasteiger partial charge in [-0.3, -0.25) is 67.5 Å². The molecule has 0 radical (unpaired) electrons. The molecule has 0 unspecified atom stereocenters. The SMILES string of the molecule is CCN1CCN(C(=O)N[C@@H](C(=O)N[C@@H]2C(=O)N3C(C(=O)O)=C(CSc4nnnn4C)CS[C@H]23)c2ccc(O)cc2)C(=O)C1=O.CO/N=C(/C(=O)N[C@@H]1C(=O)N2C(C(=O)O)=C(COC(C)=O)CS[C@H]12)c1csc(N)n1.NCc1ccccc1CC(=O)N[C@@H]1C(=O)N2C(C(=O)O)=C(CSc3nnnn3CC(=O)O)CS[C@H]12.[NaH]. The predicted octanol–water partition coefficient (Wildman–Crippen LogP) is -3.09. The number of rotatable bonds is 26. The number of carboxylic acid groups (broad SMARTS) is 4. The summed E-state index contributed by atoms with van der Waals surface area (Å²) >= 11 is 7.26. The minimum absolute atomic E-state index is 0. The molecule has 12 rings (SSSR count). The van der Waals surface area contributed by atoms with E-state index in [9.17, 15) is 87.5 Å². The normalized spacial score (nSPS) is 20.1. The number of likely N-dealkylation sites (N-methyl/N-ethyl adjacent to an activating group) is 1. The first-order valence-corrected chi connectivity index (χ1v) is 38.0. The average Bonchev–Trinajstić information content (AvgIpc) is 0.844. The molecule has 0 aliphatic carbocycles. The topological polar surface area (TPSA) is 587 Å². The molecule has 10 heterocycles. The fraction of sp³-hybridized carbons (Fsp3) is 0.377. The molecule has 578 valence electrons. The first-order chi connectivity index (χ1) is 52.0. The van der Waals surface area contributed by atoms with Gasteiger partial charge in [0.15, 0.2) is 10.8 Å². The van der Waals surface area contributed by atoms with Gasteiger partial charge in [-0.15, -0.1) is 56.8 Å². The number of imide groups is 1. The van der Waals surface area contributed by atoms with E-state index in [1.807, 2.05) is 12.1 Å². The van der Waals surface area contributed by atoms with Crippen LogP contribution in [0.5, 0.6) is 5.75 Å². The van der Waals surface area contributed by atoms with Gasteiger partial charge >= 0.3 is 77.2 Å². The number of amides is 10. The van der Waals surface area contributed by atoms with Crippen molar-refractivity contribution in [1.29, 1.82) is 0 Å². The molecule has 2 aromatic carbocycles. The van der Waals surface area contributed by atoms with E-state index in [4.69, 9.17) is 21.3 Å². The summed E-state index contributed by atoms with van der Waals surface area (Å²) in [6, 6.07) is 7.31. The van der Waals surface area contributed by atoms with Crippen molar-refractivity contribution in [2.75, 3.05) is 67.8 Å². The van der Waals surface area contributed by atoms with Gasteiger partial charge in [-0.05, 0) is 67.7 Å². The van der Waals surface area contributed by atoms with Crippen LogP contribution in [-0.4, -0.2) is 310 Å². The number of nitrogens with two attached hydrogens (primary N) is 2. The number of aromatic hydroxyl groups is 1. The second-order valence-corrected chi connectivity index (χ2v) is 29.7. The third kappa shape index (κ3) is 18.6. The number of urea groups is 1. The molecule has 0 bridgehead atoms. The number of carbonyl (C=O) groups excluding carboxylic acids is 10. The van der Waals surface area contributed by atoms with Crippen molar-refractivity contribution in [2.24, 2.45) is 17.9 Å². The Hall–Kier alpha value is -10.2. The fourth-order valence-corrected chi connectivity index (χ4v) is 18.1. The molecular weight excluding hydrogens is 1580 g/mol. The second kappa shape index (κ2) is 37.0. The van der Waals surface area contributed by atoms with Crippen LogP contribution in [0.25, 0.3) is 0 Å². The van der Waals surface area contributed by atoms with Gasteiger partial charge in [0.05, 0.1) is 6.42 Å². The number of tetrazole rings is 2. The number of nitrogens with one attached hydrogen (secondary N) is 4. The Morgan fingerprint density at radius 2 is 1.25 bits per heavy atom. The molecular formula is C61H66N21NaO21S6. The van der Waals surface area contributed by atoms with Crippen molar-refractivity contribution < 1.29 is 102 Å². The van der Waals surface area contributed by atoms with Gasteiger partial charge in [-0.2, -0.15) is 0 Å². The number of fused-ring (bicyclic) bond motifs is 3. The van der Waals surface area contributed by atoms with Gasteiger partial charge in [-0.25, -0.2) is 33.5 Å². The molecule has 4 fully saturated rings. The Bertz CT molecular complexity index is 4650. The monoisotopic (exact) mass is 1640 g/mol. The summed E-state index contributed by atoms with van der Waals surface area (Å²) in [4.78, 5) is 188. The number of aromatic nitrogens is 9. The van der Waals surface area contributed by atoms with Gasteiger partial charge in [0, 0.05) is 79.9 Å². The van der Waals surface area contributed by atoms with Crippen molar-refractivity contribution in [3.05, 3.63) is 110 Å². The van der Waals surface area contributed by atoms with Crippen molar-refractivity contribution in [3.63, 3.8) is 0 Å². The maximum atomic E-state index is 13.6. The van der Waals surface area contributed by atoms with Crippen LogP contribution >= 0.6 is 70.1 Å². The number of nitrogen functional groups attached to an aromatic ring is 1. The van der Waals surface area contributed by atoms with Crippen molar-refractivity contribution in [2.45, 2.75) is 84.0 Å². The number of thiazole rings is 1. The number of oxime groups is 1. The van der Waals surface area contributed by atoms with Gasteiger partial charge in [-0.1, -0.05) is 65.1 Å². The number of ether oxygens (including phenoxy) is 1. The number of hydrogen-bond donors (Lipinski definition) is 11. The third-order valence-electron chi connectivity index (χ3n) is 16.8. The molecule has 110 heavy (non-hydrogen) atoms. The maximum absolute atomic E-state index is 13.6. The quantitative estimate of drug-likeness (QED) is 0.00497. The van der Waals surface area contributed by atoms with E-state index in [1.54, 1.807) is 26.1 Å². The Kier molecular flexibility index (Phi) is 28.2. The number of esters is 1. The second-order valence-electron chi connectivity index (χ2n) is 23.6. The van der Waals surface area contributed by atoms with Crippen LogP contribution in [0.3, 0.4) is 0 Å². The number of aliphatic carboxylic acids is 4. The summed E-state index contributed by atoms with van der Waals surface area (Å²) in [7, 11) is 2.90. The standard InChI is InChI=1S/C25H27N9O8S2.C20H21N7O6S2.C16H17N5O7S2.Na.H/c1-3-32-8-9-33(21(39)20(32)38)24(42)27-15(12-4-6-14(35)7-5-12)18(36)26-16-19(37)34-17(23(40)41)13(10-43-22(16)34)11-44-25-28-29-30-31(25)2;21-6-11-4-2-1-3-10(11)5-13(28)22-15-17(31)27-16(19(32)33)12(8-34-18(15)27)9-35-20-23-24-25-26(20)7-14(29)30;1-6(22)28-3-7-4-29-14-10(13(24)21(14)11(7)15(25)26)19-12(23)9(20-27-2)8-5-30-16(17)18-8;;/h4-7,15-16,22,35H,3,8-11H2,1-2H3,(H,26,36)(H,27,42)(H,40,41);1-4,15,18H,5-9,21H2,(H,22,28)(H,29,30)(H,32,33);5,10,14H,3-4H2,1-2H3,(H2,17,18)(H,19,23)(H,25,26);;/b;;20-9+;;/t15-,16-,22-;15-,18-;10-,14-;;/m111../s1. The predicted molar refractivity (Wildman–Crippen MR) is 390 cm³/mol. The Labute approximate surface area is 667 Å². The van der Waals surface area contributed by atoms with E-state index in [2.05, 4.69) is 67.3 Å². The zero-order chi connectivity index (χ0) is 78.8. The molecule has 42 nitrogen and oxygen atoms in total. The average molecular weight is 1640 g/mol. The van der Waals surface area contributed by atoms with Crippen LogP contribution in [0.4, 0.5) is 9.93 Å². The number of carboxylic acids is 4. The number of phenols is 1. The summed E-state index contributed by atoms with van der Waals surface area (Å²) in [5.41, 5.74) is 13.9. The number of nitrogens with zero attached hydrogens (tertiary/aromatic N) is 15. The molecule has 0 spiro atoms. The molecule has 10 amide bonds. The molecule has 4 saturated heterocycles. The first-order valence-electron chi connectivity index (χ1n) is 32.0. The fourth-order valence-electron chi connectivity index (χ4n) is 11.5. The van der Waals surface area contributed by atoms with Crippen LogP contribution in [-0.2, 0) is 98.5 Å². The Balaban J connectivity index is 0.000000193. The van der Waals surface area contributed by atoms with Gasteiger partial charge in [0.2, 0.25) is 22.1 Å². The molecule has 7 atom stereocenters. The summed E-state index contributed by atoms with van der Waals surface area (Å²) in [5.74, 6) is -10.0. The third-order valence-corrected chi connectivity index (χ3v) is 23.6. The summed E-state index contributed by atoms with van der Waals surface area (Å²) in [6.45, 7) is 2.87. The number of thioether (sulfide) groups is 5. The zero-order valence-corrected chi connectivity index (χ0v) is 62.2. The molecule has 5 aromatic rings. The number of β-lactam (4-membered cyclic amide) rings is 3. The molecule has 0 saturated carbocycles. The van der Waals surface area contributed by atoms with E-state index >= 15 is 0 Å². The number of aryl methyl sites for hydroxylation is 1. The van der Waals surface area contributed by atoms with E-state index in [0.717, 1.165) is 48.7 Å². The van der Waals surface area contributed by atoms with E-state index in [0.29, 0.717) is 39.1 Å². The summed E-state index contributed by atoms with van der Waals surface area (Å²) in [5, 5.41) is 84.5. The Morgan fingerprint density at radius 1 is 0.709 bits per heavy atom. The molecule has 7 aliphatic rings. The van der Waals surface area contributed by atoms with Crippen LogP contribution in [0.1, 0.15) is 42.3 Å². The van der Waals surface area contributed by atoms with E-state index in [-0.39, 0.29) is 141 Å². The molecule has 13 N–H and O–H groups in total. The van der Waals surface area contributed by atoms with E-state index in [1.165, 1.54) is 105 Å². The Morgan fingerprint density at radius 3 is 1.76 bits per heavy atom. The molecule has 49 heteroatoms. The number of phenolic OH excluding ortho intramolecular Hbond substituents is 1. The first kappa shape index (κ1) is 83.8. The summed E-state index contributed by atoms with van der Waals surface area (Å²) < 4.78 is 7.41. The van der Waals surface area contributed by atoms with Crippen molar-refractivity contribution in [1.82, 2.24) is 91.2 Å².